The van der Waals surface area contributed by atoms with Crippen molar-refractivity contribution in [3.8, 4) is 0 Å². The van der Waals surface area contributed by atoms with Crippen molar-refractivity contribution in [3.63, 3.8) is 0 Å². The summed E-state index contributed by atoms with van der Waals surface area (Å²) in [5, 5.41) is 7.06. The smallest absolute Gasteiger partial charge is 0.246 e. The maximum absolute atomic E-state index is 12.5. The average molecular weight is 309 g/mol. The van der Waals surface area contributed by atoms with Gasteiger partial charge >= 0.3 is 0 Å². The standard InChI is InChI=1S/C13H19N5O2S/c1-14-6-7-18-11-13(9-16-18)21(19,20)17(2)10-12-4-3-5-15-8-12/h3-5,8-9,11,14H,6-7,10H2,1-2H3. The van der Waals surface area contributed by atoms with E-state index in [-0.39, 0.29) is 11.4 Å². The van der Waals surface area contributed by atoms with Gasteiger partial charge in [0.25, 0.3) is 0 Å². The molecule has 0 amide bonds. The number of nitrogens with one attached hydrogen (secondary N) is 1. The molecular formula is C13H19N5O2S. The maximum Gasteiger partial charge on any atom is 0.246 e. The van der Waals surface area contributed by atoms with Gasteiger partial charge in [-0.25, -0.2) is 8.42 Å². The van der Waals surface area contributed by atoms with E-state index in [0.717, 1.165) is 12.1 Å². The first-order valence-electron chi connectivity index (χ1n) is 6.56. The monoisotopic (exact) mass is 309 g/mol. The molecule has 7 nitrogen and oxygen atoms in total. The highest BCUT2D eigenvalue weighted by Gasteiger charge is 2.22. The molecule has 0 fully saturated rings. The topological polar surface area (TPSA) is 80.1 Å². The van der Waals surface area contributed by atoms with E-state index in [1.807, 2.05) is 13.1 Å². The average Bonchev–Trinajstić information content (AvgIpc) is 2.95. The maximum atomic E-state index is 12.5. The molecular weight excluding hydrogens is 290 g/mol. The third-order valence-corrected chi connectivity index (χ3v) is 4.79. The Morgan fingerprint density at radius 2 is 2.19 bits per heavy atom. The van der Waals surface area contributed by atoms with E-state index in [0.29, 0.717) is 6.54 Å². The molecule has 0 unspecified atom stereocenters. The van der Waals surface area contributed by atoms with Crippen molar-refractivity contribution in [2.45, 2.75) is 18.0 Å². The predicted molar refractivity (Wildman–Crippen MR) is 79.0 cm³/mol. The largest absolute Gasteiger partial charge is 0.318 e. The van der Waals surface area contributed by atoms with Gasteiger partial charge in [0.2, 0.25) is 10.0 Å². The van der Waals surface area contributed by atoms with Gasteiger partial charge < -0.3 is 5.32 Å². The summed E-state index contributed by atoms with van der Waals surface area (Å²) in [6.07, 6.45) is 6.24. The number of aromatic nitrogens is 3. The lowest BCUT2D eigenvalue weighted by atomic mass is 10.3. The van der Waals surface area contributed by atoms with Crippen LogP contribution in [0, 0.1) is 0 Å². The lowest BCUT2D eigenvalue weighted by Gasteiger charge is -2.15. The Morgan fingerprint density at radius 3 is 2.86 bits per heavy atom. The molecule has 2 aromatic rings. The summed E-state index contributed by atoms with van der Waals surface area (Å²) in [4.78, 5) is 4.18. The molecule has 0 aromatic carbocycles. The molecule has 0 aliphatic carbocycles. The Kier molecular flexibility index (Phi) is 5.05. The molecule has 0 bridgehead atoms. The fourth-order valence-electron chi connectivity index (χ4n) is 1.84. The summed E-state index contributed by atoms with van der Waals surface area (Å²) in [6.45, 7) is 1.63. The first kappa shape index (κ1) is 15.6. The van der Waals surface area contributed by atoms with E-state index in [4.69, 9.17) is 0 Å². The Labute approximate surface area is 124 Å². The van der Waals surface area contributed by atoms with Crippen LogP contribution in [0.3, 0.4) is 0 Å². The van der Waals surface area contributed by atoms with Gasteiger partial charge in [-0.15, -0.1) is 0 Å². The second-order valence-electron chi connectivity index (χ2n) is 4.67. The highest BCUT2D eigenvalue weighted by molar-refractivity contribution is 7.89. The summed E-state index contributed by atoms with van der Waals surface area (Å²) < 4.78 is 27.8. The van der Waals surface area contributed by atoms with Crippen molar-refractivity contribution in [2.75, 3.05) is 20.6 Å². The Hall–Kier alpha value is -1.77. The van der Waals surface area contributed by atoms with Gasteiger partial charge in [0.1, 0.15) is 4.90 Å². The molecule has 0 saturated heterocycles. The summed E-state index contributed by atoms with van der Waals surface area (Å²) in [5.74, 6) is 0. The van der Waals surface area contributed by atoms with Crippen LogP contribution in [0.1, 0.15) is 5.56 Å². The van der Waals surface area contributed by atoms with Gasteiger partial charge in [-0.2, -0.15) is 9.40 Å². The van der Waals surface area contributed by atoms with Crippen molar-refractivity contribution in [3.05, 3.63) is 42.5 Å². The van der Waals surface area contributed by atoms with E-state index in [1.165, 1.54) is 10.5 Å². The quantitative estimate of drug-likeness (QED) is 0.796. The zero-order chi connectivity index (χ0) is 15.3. The number of rotatable bonds is 7. The number of sulfonamides is 1. The van der Waals surface area contributed by atoms with Crippen LogP contribution in [0.4, 0.5) is 0 Å². The highest BCUT2D eigenvalue weighted by Crippen LogP contribution is 2.15. The molecule has 114 valence electrons. The van der Waals surface area contributed by atoms with E-state index in [2.05, 4.69) is 15.4 Å². The Morgan fingerprint density at radius 1 is 1.38 bits per heavy atom. The zero-order valence-corrected chi connectivity index (χ0v) is 12.9. The SMILES string of the molecule is CNCCn1cc(S(=O)(=O)N(C)Cc2cccnc2)cn1. The van der Waals surface area contributed by atoms with Crippen molar-refractivity contribution in [1.82, 2.24) is 24.4 Å². The molecule has 8 heteroatoms. The highest BCUT2D eigenvalue weighted by atomic mass is 32.2. The Bertz CT molecular complexity index is 669. The minimum Gasteiger partial charge on any atom is -0.318 e. The number of nitrogens with zero attached hydrogens (tertiary/aromatic N) is 4. The Balaban J connectivity index is 2.11. The van der Waals surface area contributed by atoms with E-state index in [1.54, 1.807) is 36.4 Å². The van der Waals surface area contributed by atoms with Crippen molar-refractivity contribution >= 4 is 10.0 Å². The van der Waals surface area contributed by atoms with Gasteiger partial charge in [0, 0.05) is 38.7 Å². The molecule has 0 radical (unpaired) electrons. The lowest BCUT2D eigenvalue weighted by Crippen LogP contribution is -2.26. The molecule has 21 heavy (non-hydrogen) atoms. The van der Waals surface area contributed by atoms with Crippen molar-refractivity contribution in [2.24, 2.45) is 0 Å². The summed E-state index contributed by atoms with van der Waals surface area (Å²) in [6, 6.07) is 3.63. The first-order chi connectivity index (χ1) is 10.0. The molecule has 1 N–H and O–H groups in total. The fraction of sp³-hybridized carbons (Fsp3) is 0.385. The van der Waals surface area contributed by atoms with Crippen molar-refractivity contribution < 1.29 is 8.42 Å². The third-order valence-electron chi connectivity index (χ3n) is 3.04. The fourth-order valence-corrected chi connectivity index (χ4v) is 2.95. The zero-order valence-electron chi connectivity index (χ0n) is 12.1. The number of pyridine rings is 1. The van der Waals surface area contributed by atoms with Crippen LogP contribution in [-0.4, -0.2) is 48.1 Å². The minimum absolute atomic E-state index is 0.199. The normalized spacial score (nSPS) is 12.0. The van der Waals surface area contributed by atoms with Gasteiger partial charge in [0.05, 0.1) is 12.7 Å². The summed E-state index contributed by atoms with van der Waals surface area (Å²) >= 11 is 0. The first-order valence-corrected chi connectivity index (χ1v) is 8.00. The molecule has 0 spiro atoms. The second-order valence-corrected chi connectivity index (χ2v) is 6.71. The molecule has 0 saturated carbocycles. The van der Waals surface area contributed by atoms with E-state index in [9.17, 15) is 8.42 Å². The van der Waals surface area contributed by atoms with E-state index >= 15 is 0 Å². The molecule has 0 aliphatic rings. The number of likely N-dealkylation sites (N-methyl/N-ethyl adjacent to an activating group) is 1. The molecule has 2 rings (SSSR count). The molecule has 0 atom stereocenters. The third kappa shape index (κ3) is 3.87. The second kappa shape index (κ2) is 6.79. The number of hydrogen-bond donors (Lipinski definition) is 1. The van der Waals surface area contributed by atoms with Crippen LogP contribution in [0.15, 0.2) is 41.8 Å². The van der Waals surface area contributed by atoms with Gasteiger partial charge in [-0.3, -0.25) is 9.67 Å². The van der Waals surface area contributed by atoms with Gasteiger partial charge in [-0.05, 0) is 18.7 Å². The van der Waals surface area contributed by atoms with Crippen LogP contribution >= 0.6 is 0 Å². The van der Waals surface area contributed by atoms with Crippen molar-refractivity contribution in [1.29, 1.82) is 0 Å². The van der Waals surface area contributed by atoms with Crippen LogP contribution in [0.2, 0.25) is 0 Å². The predicted octanol–water partition coefficient (Wildman–Crippen LogP) is 0.318. The summed E-state index contributed by atoms with van der Waals surface area (Å²) in [5.41, 5.74) is 0.839. The van der Waals surface area contributed by atoms with Gasteiger partial charge in [0.15, 0.2) is 0 Å². The van der Waals surface area contributed by atoms with E-state index < -0.39 is 10.0 Å². The van der Waals surface area contributed by atoms with Crippen LogP contribution < -0.4 is 5.32 Å². The molecule has 0 aliphatic heterocycles. The molecule has 2 heterocycles. The molecule has 2 aromatic heterocycles. The lowest BCUT2D eigenvalue weighted by molar-refractivity contribution is 0.466. The van der Waals surface area contributed by atoms with Crippen LogP contribution in [-0.2, 0) is 23.1 Å². The van der Waals surface area contributed by atoms with Crippen LogP contribution in [0.25, 0.3) is 0 Å². The minimum atomic E-state index is -3.54. The van der Waals surface area contributed by atoms with Gasteiger partial charge in [-0.1, -0.05) is 6.07 Å². The summed E-state index contributed by atoms with van der Waals surface area (Å²) in [7, 11) is -0.155. The number of hydrogen-bond acceptors (Lipinski definition) is 5. The van der Waals surface area contributed by atoms with Crippen LogP contribution in [0.5, 0.6) is 0 Å².